The summed E-state index contributed by atoms with van der Waals surface area (Å²) in [5, 5.41) is 5.41. The molecule has 1 atom stereocenters. The fourth-order valence-electron chi connectivity index (χ4n) is 2.22. The summed E-state index contributed by atoms with van der Waals surface area (Å²) in [6.07, 6.45) is 2.39. The minimum atomic E-state index is -0.545. The van der Waals surface area contributed by atoms with Gasteiger partial charge >= 0.3 is 0 Å². The van der Waals surface area contributed by atoms with Crippen LogP contribution >= 0.6 is 0 Å². The van der Waals surface area contributed by atoms with Crippen LogP contribution < -0.4 is 15.4 Å². The van der Waals surface area contributed by atoms with Crippen molar-refractivity contribution in [3.05, 3.63) is 59.9 Å². The van der Waals surface area contributed by atoms with Gasteiger partial charge in [-0.05, 0) is 48.9 Å². The maximum atomic E-state index is 12.8. The van der Waals surface area contributed by atoms with Crippen LogP contribution in [-0.4, -0.2) is 17.9 Å². The van der Waals surface area contributed by atoms with Crippen molar-refractivity contribution >= 4 is 29.3 Å². The minimum absolute atomic E-state index is 0.234. The number of carbonyl (C=O) groups is 2. The number of ether oxygens (including phenoxy) is 1. The van der Waals surface area contributed by atoms with Crippen LogP contribution in [0.4, 0.5) is 15.8 Å². The SMILES string of the molecule is CC1Oc2ccc(NC(=O)/C=C/c3ccc(F)cc3)cc2NC1=O. The second kappa shape index (κ2) is 6.54. The van der Waals surface area contributed by atoms with E-state index >= 15 is 0 Å². The van der Waals surface area contributed by atoms with E-state index in [4.69, 9.17) is 4.74 Å². The predicted octanol–water partition coefficient (Wildman–Crippen LogP) is 3.20. The Bertz CT molecular complexity index is 816. The third-order valence-electron chi connectivity index (χ3n) is 3.48. The molecule has 2 aromatic carbocycles. The Hall–Kier alpha value is -3.15. The molecule has 24 heavy (non-hydrogen) atoms. The normalized spacial score (nSPS) is 16.2. The monoisotopic (exact) mass is 326 g/mol. The van der Waals surface area contributed by atoms with Gasteiger partial charge in [0.05, 0.1) is 5.69 Å². The summed E-state index contributed by atoms with van der Waals surface area (Å²) >= 11 is 0. The molecule has 1 aliphatic heterocycles. The summed E-state index contributed by atoms with van der Waals surface area (Å²) in [7, 11) is 0. The first-order valence-corrected chi connectivity index (χ1v) is 7.37. The van der Waals surface area contributed by atoms with E-state index < -0.39 is 6.10 Å². The van der Waals surface area contributed by atoms with Crippen LogP contribution in [0.3, 0.4) is 0 Å². The number of hydrogen-bond acceptors (Lipinski definition) is 3. The number of hydrogen-bond donors (Lipinski definition) is 2. The summed E-state index contributed by atoms with van der Waals surface area (Å²) < 4.78 is 18.3. The van der Waals surface area contributed by atoms with E-state index in [1.165, 1.54) is 18.2 Å². The number of fused-ring (bicyclic) bond motifs is 1. The van der Waals surface area contributed by atoms with Gasteiger partial charge in [0.15, 0.2) is 6.10 Å². The van der Waals surface area contributed by atoms with Gasteiger partial charge in [0.25, 0.3) is 5.91 Å². The van der Waals surface area contributed by atoms with Crippen LogP contribution in [-0.2, 0) is 9.59 Å². The van der Waals surface area contributed by atoms with Gasteiger partial charge in [-0.15, -0.1) is 0 Å². The molecule has 0 fully saturated rings. The number of carbonyl (C=O) groups excluding carboxylic acids is 2. The number of nitrogens with one attached hydrogen (secondary N) is 2. The van der Waals surface area contributed by atoms with E-state index in [0.717, 1.165) is 0 Å². The Morgan fingerprint density at radius 1 is 1.25 bits per heavy atom. The second-order valence-corrected chi connectivity index (χ2v) is 5.33. The molecular formula is C18H15FN2O3. The van der Waals surface area contributed by atoms with Gasteiger partial charge in [0.1, 0.15) is 11.6 Å². The maximum Gasteiger partial charge on any atom is 0.265 e. The summed E-state index contributed by atoms with van der Waals surface area (Å²) in [6.45, 7) is 1.66. The largest absolute Gasteiger partial charge is 0.479 e. The average molecular weight is 326 g/mol. The molecule has 1 aliphatic rings. The fraction of sp³-hybridized carbons (Fsp3) is 0.111. The first-order chi connectivity index (χ1) is 11.5. The summed E-state index contributed by atoms with van der Waals surface area (Å²) in [4.78, 5) is 23.6. The van der Waals surface area contributed by atoms with E-state index in [0.29, 0.717) is 22.7 Å². The number of benzene rings is 2. The number of anilines is 2. The second-order valence-electron chi connectivity index (χ2n) is 5.33. The molecule has 6 heteroatoms. The fourth-order valence-corrected chi connectivity index (χ4v) is 2.22. The number of rotatable bonds is 3. The highest BCUT2D eigenvalue weighted by molar-refractivity contribution is 6.03. The van der Waals surface area contributed by atoms with E-state index in [1.54, 1.807) is 43.3 Å². The molecule has 2 amide bonds. The number of amides is 2. The third kappa shape index (κ3) is 3.60. The highest BCUT2D eigenvalue weighted by Gasteiger charge is 2.23. The zero-order chi connectivity index (χ0) is 17.1. The third-order valence-corrected chi connectivity index (χ3v) is 3.48. The van der Waals surface area contributed by atoms with E-state index in [2.05, 4.69) is 10.6 Å². The van der Waals surface area contributed by atoms with Crippen molar-refractivity contribution in [1.29, 1.82) is 0 Å². The molecule has 5 nitrogen and oxygen atoms in total. The highest BCUT2D eigenvalue weighted by Crippen LogP contribution is 2.32. The molecule has 0 saturated carbocycles. The predicted molar refractivity (Wildman–Crippen MR) is 89.2 cm³/mol. The van der Waals surface area contributed by atoms with Crippen molar-refractivity contribution in [3.8, 4) is 5.75 Å². The van der Waals surface area contributed by atoms with E-state index in [1.807, 2.05) is 0 Å². The van der Waals surface area contributed by atoms with Gasteiger partial charge in [-0.2, -0.15) is 0 Å². The molecule has 0 spiro atoms. The summed E-state index contributed by atoms with van der Waals surface area (Å²) in [5.74, 6) is -0.343. The lowest BCUT2D eigenvalue weighted by atomic mass is 10.2. The standard InChI is InChI=1S/C18H15FN2O3/c1-11-18(23)21-15-10-14(7-8-16(15)24-11)20-17(22)9-4-12-2-5-13(19)6-3-12/h2-11H,1H3,(H,20,22)(H,21,23)/b9-4+. The van der Waals surface area contributed by atoms with Gasteiger partial charge < -0.3 is 15.4 Å². The Labute approximate surface area is 138 Å². The minimum Gasteiger partial charge on any atom is -0.479 e. The molecule has 1 unspecified atom stereocenters. The molecule has 0 bridgehead atoms. The van der Waals surface area contributed by atoms with Gasteiger partial charge in [0, 0.05) is 11.8 Å². The van der Waals surface area contributed by atoms with Crippen molar-refractivity contribution in [2.75, 3.05) is 10.6 Å². The number of halogens is 1. The van der Waals surface area contributed by atoms with E-state index in [-0.39, 0.29) is 17.6 Å². The van der Waals surface area contributed by atoms with Crippen molar-refractivity contribution in [2.24, 2.45) is 0 Å². The van der Waals surface area contributed by atoms with Crippen molar-refractivity contribution in [1.82, 2.24) is 0 Å². The molecule has 122 valence electrons. The molecule has 0 aromatic heterocycles. The lowest BCUT2D eigenvalue weighted by Gasteiger charge is -2.23. The van der Waals surface area contributed by atoms with Crippen LogP contribution in [0.1, 0.15) is 12.5 Å². The molecule has 3 rings (SSSR count). The summed E-state index contributed by atoms with van der Waals surface area (Å²) in [5.41, 5.74) is 1.76. The van der Waals surface area contributed by atoms with Crippen LogP contribution in [0.15, 0.2) is 48.5 Å². The van der Waals surface area contributed by atoms with Crippen molar-refractivity contribution in [2.45, 2.75) is 13.0 Å². The lowest BCUT2D eigenvalue weighted by molar-refractivity contribution is -0.122. The Kier molecular flexibility index (Phi) is 4.29. The highest BCUT2D eigenvalue weighted by atomic mass is 19.1. The summed E-state index contributed by atoms with van der Waals surface area (Å²) in [6, 6.07) is 10.8. The topological polar surface area (TPSA) is 67.4 Å². The first kappa shape index (κ1) is 15.7. The molecule has 0 radical (unpaired) electrons. The molecular weight excluding hydrogens is 311 g/mol. The molecule has 2 aromatic rings. The van der Waals surface area contributed by atoms with Crippen molar-refractivity contribution < 1.29 is 18.7 Å². The first-order valence-electron chi connectivity index (χ1n) is 7.37. The van der Waals surface area contributed by atoms with Crippen LogP contribution in [0, 0.1) is 5.82 Å². The lowest BCUT2D eigenvalue weighted by Crippen LogP contribution is -2.34. The Morgan fingerprint density at radius 2 is 2.00 bits per heavy atom. The van der Waals surface area contributed by atoms with Crippen LogP contribution in [0.2, 0.25) is 0 Å². The Morgan fingerprint density at radius 3 is 2.75 bits per heavy atom. The van der Waals surface area contributed by atoms with Crippen molar-refractivity contribution in [3.63, 3.8) is 0 Å². The van der Waals surface area contributed by atoms with Crippen LogP contribution in [0.5, 0.6) is 5.75 Å². The van der Waals surface area contributed by atoms with Gasteiger partial charge in [0.2, 0.25) is 5.91 Å². The van der Waals surface area contributed by atoms with Gasteiger partial charge in [-0.3, -0.25) is 9.59 Å². The zero-order valence-electron chi connectivity index (χ0n) is 12.9. The van der Waals surface area contributed by atoms with Crippen LogP contribution in [0.25, 0.3) is 6.08 Å². The molecule has 2 N–H and O–H groups in total. The van der Waals surface area contributed by atoms with Gasteiger partial charge in [-0.25, -0.2) is 4.39 Å². The molecule has 0 saturated heterocycles. The van der Waals surface area contributed by atoms with E-state index in [9.17, 15) is 14.0 Å². The Balaban J connectivity index is 1.67. The average Bonchev–Trinajstić information content (AvgIpc) is 2.56. The zero-order valence-corrected chi connectivity index (χ0v) is 12.9. The molecule has 1 heterocycles. The van der Waals surface area contributed by atoms with Gasteiger partial charge in [-0.1, -0.05) is 12.1 Å². The molecule has 0 aliphatic carbocycles. The quantitative estimate of drug-likeness (QED) is 0.851. The maximum absolute atomic E-state index is 12.8. The smallest absolute Gasteiger partial charge is 0.265 e.